The Hall–Kier alpha value is -3.41. The van der Waals surface area contributed by atoms with Crippen LogP contribution in [0.25, 0.3) is 0 Å². The molecule has 0 amide bonds. The molecule has 0 fully saturated rings. The third-order valence-electron chi connectivity index (χ3n) is 9.71. The van der Waals surface area contributed by atoms with E-state index in [1.54, 1.807) is 0 Å². The molecule has 0 aliphatic carbocycles. The van der Waals surface area contributed by atoms with Crippen molar-refractivity contribution in [3.8, 4) is 0 Å². The molecule has 0 saturated carbocycles. The Bertz CT molecular complexity index is 1160. The number of hydrogen-bond acceptors (Lipinski definition) is 6. The van der Waals surface area contributed by atoms with Gasteiger partial charge in [0.2, 0.25) is 0 Å². The second-order valence-electron chi connectivity index (χ2n) is 15.4. The summed E-state index contributed by atoms with van der Waals surface area (Å²) >= 11 is 0. The Kier molecular flexibility index (Phi) is 43.6. The number of carbonyl (C=O) groups is 3. The lowest BCUT2D eigenvalue weighted by atomic mass is 10.1. The first-order chi connectivity index (χ1) is 28.5. The van der Waals surface area contributed by atoms with E-state index < -0.39 is 6.10 Å². The standard InChI is InChI=1S/C52H86O6/c1-4-7-10-13-16-19-22-23-24-25-26-27-28-31-33-36-39-42-45-51(54)57-48-49(58-52(55)46-43-40-37-34-30-21-18-15-12-9-6-3)47-56-50(53)44-41-38-35-32-29-20-17-14-11-8-5-2/h14-15,17-18,20-27,29-30,49H,4-13,16,19,28,31-48H2,1-3H3/b17-14-,18-15-,23-22-,25-24-,27-26-,29-20-,30-21-. The number of hydrogen-bond donors (Lipinski definition) is 0. The molecule has 0 radical (unpaired) electrons. The molecular weight excluding hydrogens is 721 g/mol. The lowest BCUT2D eigenvalue weighted by Crippen LogP contribution is -2.30. The van der Waals surface area contributed by atoms with Crippen molar-refractivity contribution in [1.82, 2.24) is 0 Å². The van der Waals surface area contributed by atoms with Crippen LogP contribution in [0.2, 0.25) is 0 Å². The van der Waals surface area contributed by atoms with E-state index >= 15 is 0 Å². The highest BCUT2D eigenvalue weighted by Gasteiger charge is 2.19. The maximum atomic E-state index is 12.7. The number of ether oxygens (including phenoxy) is 3. The normalized spacial score (nSPS) is 12.8. The molecule has 0 heterocycles. The summed E-state index contributed by atoms with van der Waals surface area (Å²) < 4.78 is 16.6. The molecule has 6 heteroatoms. The van der Waals surface area contributed by atoms with E-state index in [2.05, 4.69) is 106 Å². The molecule has 0 saturated heterocycles. The molecule has 0 aliphatic heterocycles. The zero-order valence-electron chi connectivity index (χ0n) is 37.5. The highest BCUT2D eigenvalue weighted by molar-refractivity contribution is 5.71. The van der Waals surface area contributed by atoms with Crippen LogP contribution in [0.5, 0.6) is 0 Å². The van der Waals surface area contributed by atoms with Gasteiger partial charge < -0.3 is 14.2 Å². The second-order valence-corrected chi connectivity index (χ2v) is 15.4. The molecule has 0 aromatic heterocycles. The molecule has 0 N–H and O–H groups in total. The van der Waals surface area contributed by atoms with Crippen molar-refractivity contribution in [3.05, 3.63) is 85.1 Å². The maximum absolute atomic E-state index is 12.7. The SMILES string of the molecule is CCCC/C=C\C=C/CCCCCC(=O)OCC(COC(=O)CCCCCCC\C=C/C=C\C=C/CCCCCCC)OC(=O)CCCCC/C=C\C=C/CCCC. The molecule has 0 bridgehead atoms. The zero-order chi connectivity index (χ0) is 42.3. The van der Waals surface area contributed by atoms with Crippen LogP contribution in [-0.2, 0) is 28.6 Å². The number of allylic oxidation sites excluding steroid dienone is 14. The van der Waals surface area contributed by atoms with Gasteiger partial charge in [0.05, 0.1) is 0 Å². The largest absolute Gasteiger partial charge is 0.462 e. The van der Waals surface area contributed by atoms with E-state index in [9.17, 15) is 14.4 Å². The average Bonchev–Trinajstić information content (AvgIpc) is 3.22. The molecule has 1 atom stereocenters. The molecule has 0 aromatic rings. The summed E-state index contributed by atoms with van der Waals surface area (Å²) in [5.74, 6) is -0.990. The van der Waals surface area contributed by atoms with E-state index in [0.29, 0.717) is 12.8 Å². The molecular formula is C52H86O6. The highest BCUT2D eigenvalue weighted by atomic mass is 16.6. The van der Waals surface area contributed by atoms with Crippen molar-refractivity contribution in [3.63, 3.8) is 0 Å². The zero-order valence-corrected chi connectivity index (χ0v) is 37.5. The molecule has 0 rings (SSSR count). The van der Waals surface area contributed by atoms with Crippen molar-refractivity contribution in [2.45, 2.75) is 213 Å². The highest BCUT2D eigenvalue weighted by Crippen LogP contribution is 2.12. The first kappa shape index (κ1) is 54.6. The smallest absolute Gasteiger partial charge is 0.306 e. The van der Waals surface area contributed by atoms with Crippen molar-refractivity contribution in [1.29, 1.82) is 0 Å². The Morgan fingerprint density at radius 1 is 0.345 bits per heavy atom. The number of unbranched alkanes of at least 4 members (excludes halogenated alkanes) is 20. The lowest BCUT2D eigenvalue weighted by molar-refractivity contribution is -0.167. The topological polar surface area (TPSA) is 78.9 Å². The van der Waals surface area contributed by atoms with E-state index in [0.717, 1.165) is 109 Å². The molecule has 1 unspecified atom stereocenters. The first-order valence-corrected chi connectivity index (χ1v) is 23.7. The lowest BCUT2D eigenvalue weighted by Gasteiger charge is -2.18. The quantitative estimate of drug-likeness (QED) is 0.0265. The average molecular weight is 807 g/mol. The molecule has 6 nitrogen and oxygen atoms in total. The van der Waals surface area contributed by atoms with Crippen LogP contribution in [0.4, 0.5) is 0 Å². The van der Waals surface area contributed by atoms with Gasteiger partial charge in [-0.05, 0) is 83.5 Å². The molecule has 58 heavy (non-hydrogen) atoms. The van der Waals surface area contributed by atoms with E-state index in [1.165, 1.54) is 57.8 Å². The molecule has 0 spiro atoms. The number of esters is 3. The van der Waals surface area contributed by atoms with Gasteiger partial charge in [-0.15, -0.1) is 0 Å². The monoisotopic (exact) mass is 807 g/mol. The van der Waals surface area contributed by atoms with Crippen molar-refractivity contribution in [2.75, 3.05) is 13.2 Å². The molecule has 330 valence electrons. The van der Waals surface area contributed by atoms with Gasteiger partial charge in [0.1, 0.15) is 13.2 Å². The third kappa shape index (κ3) is 43.7. The van der Waals surface area contributed by atoms with E-state index in [1.807, 2.05) is 0 Å². The van der Waals surface area contributed by atoms with Crippen LogP contribution in [0.1, 0.15) is 207 Å². The predicted molar refractivity (Wildman–Crippen MR) is 247 cm³/mol. The summed E-state index contributed by atoms with van der Waals surface area (Å²) in [5.41, 5.74) is 0. The Morgan fingerprint density at radius 2 is 0.638 bits per heavy atom. The van der Waals surface area contributed by atoms with Crippen LogP contribution in [-0.4, -0.2) is 37.2 Å². The number of carbonyl (C=O) groups excluding carboxylic acids is 3. The van der Waals surface area contributed by atoms with E-state index in [-0.39, 0.29) is 37.5 Å². The van der Waals surface area contributed by atoms with Crippen LogP contribution in [0.15, 0.2) is 85.1 Å². The predicted octanol–water partition coefficient (Wildman–Crippen LogP) is 15.3. The summed E-state index contributed by atoms with van der Waals surface area (Å²) in [5, 5.41) is 0. The first-order valence-electron chi connectivity index (χ1n) is 23.7. The molecule has 0 aliphatic rings. The summed E-state index contributed by atoms with van der Waals surface area (Å²) in [7, 11) is 0. The fourth-order valence-corrected chi connectivity index (χ4v) is 6.04. The van der Waals surface area contributed by atoms with Gasteiger partial charge in [-0.25, -0.2) is 0 Å². The van der Waals surface area contributed by atoms with Gasteiger partial charge in [-0.3, -0.25) is 14.4 Å². The minimum absolute atomic E-state index is 0.108. The van der Waals surface area contributed by atoms with E-state index in [4.69, 9.17) is 14.2 Å². The summed E-state index contributed by atoms with van der Waals surface area (Å²) in [4.78, 5) is 37.7. The minimum atomic E-state index is -0.808. The van der Waals surface area contributed by atoms with Gasteiger partial charge in [-0.2, -0.15) is 0 Å². The fraction of sp³-hybridized carbons (Fsp3) is 0.673. The second kappa shape index (κ2) is 46.3. The van der Waals surface area contributed by atoms with Crippen molar-refractivity contribution >= 4 is 17.9 Å². The Balaban J connectivity index is 4.46. The van der Waals surface area contributed by atoms with Crippen LogP contribution >= 0.6 is 0 Å². The van der Waals surface area contributed by atoms with Gasteiger partial charge in [0.25, 0.3) is 0 Å². The third-order valence-corrected chi connectivity index (χ3v) is 9.71. The summed E-state index contributed by atoms with van der Waals surface area (Å²) in [6.45, 7) is 6.43. The summed E-state index contributed by atoms with van der Waals surface area (Å²) in [6.07, 6.45) is 58.5. The van der Waals surface area contributed by atoms with Crippen LogP contribution < -0.4 is 0 Å². The van der Waals surface area contributed by atoms with Crippen molar-refractivity contribution < 1.29 is 28.6 Å². The van der Waals surface area contributed by atoms with Gasteiger partial charge in [0, 0.05) is 19.3 Å². The fourth-order valence-electron chi connectivity index (χ4n) is 6.04. The Morgan fingerprint density at radius 3 is 1.03 bits per heavy atom. The minimum Gasteiger partial charge on any atom is -0.462 e. The van der Waals surface area contributed by atoms with Gasteiger partial charge in [0.15, 0.2) is 6.10 Å². The maximum Gasteiger partial charge on any atom is 0.306 e. The molecule has 0 aromatic carbocycles. The van der Waals surface area contributed by atoms with Crippen LogP contribution in [0.3, 0.4) is 0 Å². The Labute approximate surface area is 356 Å². The number of rotatable bonds is 41. The van der Waals surface area contributed by atoms with Crippen molar-refractivity contribution in [2.24, 2.45) is 0 Å². The summed E-state index contributed by atoms with van der Waals surface area (Å²) in [6, 6.07) is 0. The van der Waals surface area contributed by atoms with Crippen LogP contribution in [0, 0.1) is 0 Å². The van der Waals surface area contributed by atoms with Gasteiger partial charge >= 0.3 is 17.9 Å². The van der Waals surface area contributed by atoms with Gasteiger partial charge in [-0.1, -0.05) is 189 Å².